The largest absolute Gasteiger partial charge is 0.326 e. The van der Waals surface area contributed by atoms with Crippen LogP contribution < -0.4 is 10.0 Å². The number of likely N-dealkylation sites (N-methyl/N-ethyl adjacent to an activating group) is 1. The van der Waals surface area contributed by atoms with Crippen molar-refractivity contribution in [3.8, 4) is 0 Å². The molecule has 0 bridgehead atoms. The fourth-order valence-electron chi connectivity index (χ4n) is 2.51. The van der Waals surface area contributed by atoms with Gasteiger partial charge in [-0.25, -0.2) is 13.1 Å². The smallest absolute Gasteiger partial charge is 0.240 e. The maximum absolute atomic E-state index is 12.5. The van der Waals surface area contributed by atoms with E-state index in [4.69, 9.17) is 11.6 Å². The van der Waals surface area contributed by atoms with Gasteiger partial charge >= 0.3 is 0 Å². The van der Waals surface area contributed by atoms with Gasteiger partial charge in [-0.1, -0.05) is 23.7 Å². The fourth-order valence-corrected chi connectivity index (χ4v) is 3.74. The summed E-state index contributed by atoms with van der Waals surface area (Å²) in [4.78, 5) is 13.1. The molecule has 0 saturated heterocycles. The molecular formula is C18H22ClN3O3S. The van der Waals surface area contributed by atoms with Gasteiger partial charge in [-0.2, -0.15) is 0 Å². The molecule has 0 aliphatic carbocycles. The van der Waals surface area contributed by atoms with E-state index in [0.717, 1.165) is 5.56 Å². The molecule has 8 heteroatoms. The first kappa shape index (κ1) is 20.4. The zero-order chi connectivity index (χ0) is 19.3. The monoisotopic (exact) mass is 395 g/mol. The first-order valence-corrected chi connectivity index (χ1v) is 9.84. The molecule has 0 heterocycles. The zero-order valence-electron chi connectivity index (χ0n) is 14.9. The van der Waals surface area contributed by atoms with Gasteiger partial charge in [0.2, 0.25) is 15.9 Å². The van der Waals surface area contributed by atoms with Gasteiger partial charge in [0.15, 0.2) is 0 Å². The number of anilines is 1. The van der Waals surface area contributed by atoms with Crippen LogP contribution in [0.1, 0.15) is 18.5 Å². The topological polar surface area (TPSA) is 78.5 Å². The number of carbonyl (C=O) groups excluding carboxylic acids is 1. The molecule has 2 aromatic rings. The molecule has 0 spiro atoms. The Kier molecular flexibility index (Phi) is 6.77. The molecule has 0 fully saturated rings. The maximum atomic E-state index is 12.5. The highest BCUT2D eigenvalue weighted by atomic mass is 35.5. The summed E-state index contributed by atoms with van der Waals surface area (Å²) < 4.78 is 27.7. The second-order valence-corrected chi connectivity index (χ2v) is 8.30. The molecule has 2 N–H and O–H groups in total. The number of amides is 1. The highest BCUT2D eigenvalue weighted by Crippen LogP contribution is 2.22. The van der Waals surface area contributed by atoms with E-state index in [-0.39, 0.29) is 23.4 Å². The van der Waals surface area contributed by atoms with Crippen LogP contribution in [0, 0.1) is 0 Å². The van der Waals surface area contributed by atoms with Crippen LogP contribution in [-0.2, 0) is 14.8 Å². The van der Waals surface area contributed by atoms with E-state index >= 15 is 0 Å². The lowest BCUT2D eigenvalue weighted by molar-refractivity contribution is -0.114. The molecule has 0 radical (unpaired) electrons. The molecule has 0 aliphatic rings. The van der Waals surface area contributed by atoms with Gasteiger partial charge in [-0.15, -0.1) is 0 Å². The van der Waals surface area contributed by atoms with E-state index in [1.165, 1.54) is 19.1 Å². The number of nitrogens with zero attached hydrogens (tertiary/aromatic N) is 1. The highest BCUT2D eigenvalue weighted by molar-refractivity contribution is 7.89. The van der Waals surface area contributed by atoms with Gasteiger partial charge in [0, 0.05) is 30.2 Å². The van der Waals surface area contributed by atoms with Crippen LogP contribution in [0.2, 0.25) is 5.02 Å². The Bertz CT molecular complexity index is 868. The predicted octanol–water partition coefficient (Wildman–Crippen LogP) is 2.88. The molecule has 2 rings (SSSR count). The summed E-state index contributed by atoms with van der Waals surface area (Å²) in [5.74, 6) is -0.214. The van der Waals surface area contributed by atoms with Crippen molar-refractivity contribution in [2.24, 2.45) is 0 Å². The zero-order valence-corrected chi connectivity index (χ0v) is 16.4. The van der Waals surface area contributed by atoms with E-state index in [1.54, 1.807) is 18.2 Å². The number of carbonyl (C=O) groups is 1. The van der Waals surface area contributed by atoms with Crippen LogP contribution in [0.25, 0.3) is 0 Å². The molecule has 0 aromatic heterocycles. The van der Waals surface area contributed by atoms with Gasteiger partial charge in [-0.3, -0.25) is 4.79 Å². The van der Waals surface area contributed by atoms with E-state index < -0.39 is 10.0 Å². The predicted molar refractivity (Wildman–Crippen MR) is 104 cm³/mol. The summed E-state index contributed by atoms with van der Waals surface area (Å²) in [5, 5.41) is 3.20. The molecule has 2 aromatic carbocycles. The van der Waals surface area contributed by atoms with E-state index in [2.05, 4.69) is 10.0 Å². The Balaban J connectivity index is 2.13. The Morgan fingerprint density at radius 2 is 1.81 bits per heavy atom. The molecule has 140 valence electrons. The average molecular weight is 396 g/mol. The molecule has 0 saturated carbocycles. The van der Waals surface area contributed by atoms with Gasteiger partial charge in [0.05, 0.1) is 4.90 Å². The fraction of sp³-hybridized carbons (Fsp3) is 0.278. The summed E-state index contributed by atoms with van der Waals surface area (Å²) in [7, 11) is 0.0796. The second-order valence-electron chi connectivity index (χ2n) is 6.09. The van der Waals surface area contributed by atoms with Gasteiger partial charge in [0.25, 0.3) is 0 Å². The van der Waals surface area contributed by atoms with Crippen molar-refractivity contribution < 1.29 is 13.2 Å². The number of hydrogen-bond donors (Lipinski definition) is 2. The van der Waals surface area contributed by atoms with Crippen molar-refractivity contribution in [3.05, 3.63) is 59.1 Å². The molecule has 1 unspecified atom stereocenters. The van der Waals surface area contributed by atoms with Crippen molar-refractivity contribution in [1.82, 2.24) is 9.62 Å². The number of rotatable bonds is 7. The standard InChI is InChI=1S/C18H22ClN3O3S/c1-13(23)21-16-7-9-17(10-8-16)26(24,25)20-12-18(22(2)3)14-5-4-6-15(19)11-14/h4-11,18,20H,12H2,1-3H3,(H,21,23). The summed E-state index contributed by atoms with van der Waals surface area (Å²) in [6.07, 6.45) is 0. The molecular weight excluding hydrogens is 374 g/mol. The Morgan fingerprint density at radius 1 is 1.15 bits per heavy atom. The minimum atomic E-state index is -3.67. The number of sulfonamides is 1. The van der Waals surface area contributed by atoms with Crippen molar-refractivity contribution in [2.75, 3.05) is 26.0 Å². The van der Waals surface area contributed by atoms with E-state index in [1.807, 2.05) is 37.2 Å². The van der Waals surface area contributed by atoms with Crippen LogP contribution in [0.15, 0.2) is 53.4 Å². The highest BCUT2D eigenvalue weighted by Gasteiger charge is 2.20. The summed E-state index contributed by atoms with van der Waals surface area (Å²) in [5.41, 5.74) is 1.47. The molecule has 6 nitrogen and oxygen atoms in total. The third-order valence-corrected chi connectivity index (χ3v) is 5.48. The third-order valence-electron chi connectivity index (χ3n) is 3.81. The summed E-state index contributed by atoms with van der Waals surface area (Å²) in [6.45, 7) is 1.59. The van der Waals surface area contributed by atoms with Gasteiger partial charge in [-0.05, 0) is 56.1 Å². The lowest BCUT2D eigenvalue weighted by Gasteiger charge is -2.25. The van der Waals surface area contributed by atoms with Crippen LogP contribution in [-0.4, -0.2) is 39.9 Å². The molecule has 0 aliphatic heterocycles. The normalized spacial score (nSPS) is 12.8. The molecule has 1 amide bonds. The van der Waals surface area contributed by atoms with Crippen molar-refractivity contribution in [2.45, 2.75) is 17.9 Å². The minimum Gasteiger partial charge on any atom is -0.326 e. The number of halogens is 1. The first-order valence-electron chi connectivity index (χ1n) is 7.98. The summed E-state index contributed by atoms with van der Waals surface area (Å²) >= 11 is 6.04. The van der Waals surface area contributed by atoms with Crippen molar-refractivity contribution in [3.63, 3.8) is 0 Å². The average Bonchev–Trinajstić information content (AvgIpc) is 2.54. The van der Waals surface area contributed by atoms with Crippen LogP contribution in [0.5, 0.6) is 0 Å². The lowest BCUT2D eigenvalue weighted by Crippen LogP contribution is -2.34. The Morgan fingerprint density at radius 3 is 2.35 bits per heavy atom. The third kappa shape index (κ3) is 5.54. The minimum absolute atomic E-state index is 0.134. The maximum Gasteiger partial charge on any atom is 0.240 e. The Hall–Kier alpha value is -1.93. The van der Waals surface area contributed by atoms with Gasteiger partial charge < -0.3 is 10.2 Å². The van der Waals surface area contributed by atoms with Crippen LogP contribution in [0.4, 0.5) is 5.69 Å². The van der Waals surface area contributed by atoms with Crippen LogP contribution in [0.3, 0.4) is 0 Å². The van der Waals surface area contributed by atoms with E-state index in [9.17, 15) is 13.2 Å². The SMILES string of the molecule is CC(=O)Nc1ccc(S(=O)(=O)NCC(c2cccc(Cl)c2)N(C)C)cc1. The lowest BCUT2D eigenvalue weighted by atomic mass is 10.1. The quantitative estimate of drug-likeness (QED) is 0.755. The summed E-state index contributed by atoms with van der Waals surface area (Å²) in [6, 6.07) is 13.2. The Labute approximate surface area is 159 Å². The first-order chi connectivity index (χ1) is 12.2. The number of nitrogens with one attached hydrogen (secondary N) is 2. The number of benzene rings is 2. The number of hydrogen-bond acceptors (Lipinski definition) is 4. The molecule has 26 heavy (non-hydrogen) atoms. The van der Waals surface area contributed by atoms with Crippen molar-refractivity contribution in [1.29, 1.82) is 0 Å². The van der Waals surface area contributed by atoms with Crippen molar-refractivity contribution >= 4 is 33.2 Å². The van der Waals surface area contributed by atoms with E-state index in [0.29, 0.717) is 10.7 Å². The van der Waals surface area contributed by atoms with Gasteiger partial charge in [0.1, 0.15) is 0 Å². The van der Waals surface area contributed by atoms with Crippen LogP contribution >= 0.6 is 11.6 Å². The molecule has 1 atom stereocenters. The second kappa shape index (κ2) is 8.64.